The summed E-state index contributed by atoms with van der Waals surface area (Å²) in [5, 5.41) is 0. The number of benzene rings is 5. The smallest absolute Gasteiger partial charge is 0.0492 e. The molecule has 5 aromatic rings. The molecule has 0 radical (unpaired) electrons. The Morgan fingerprint density at radius 1 is 0.390 bits per heavy atom. The van der Waals surface area contributed by atoms with E-state index in [1.54, 1.807) is 0 Å². The topological polar surface area (TPSA) is 6.48 Å². The minimum absolute atomic E-state index is 0.0645. The molecule has 0 heterocycles. The van der Waals surface area contributed by atoms with Crippen molar-refractivity contribution >= 4 is 34.1 Å². The molecule has 0 saturated heterocycles. The minimum atomic E-state index is 0.0645. The monoisotopic (exact) mass is 538 g/mol. The molecule has 0 aliphatic heterocycles. The molecule has 208 valence electrons. The molecule has 0 amide bonds. The highest BCUT2D eigenvalue weighted by Crippen LogP contribution is 2.42. The Morgan fingerprint density at radius 2 is 0.805 bits per heavy atom. The quantitative estimate of drug-likeness (QED) is 0.212. The fourth-order valence-electron chi connectivity index (χ4n) is 5.28. The van der Waals surface area contributed by atoms with E-state index in [9.17, 15) is 0 Å². The summed E-state index contributed by atoms with van der Waals surface area (Å²) < 4.78 is 0. The van der Waals surface area contributed by atoms with E-state index in [1.165, 1.54) is 22.4 Å². The van der Waals surface area contributed by atoms with Gasteiger partial charge >= 0.3 is 0 Å². The van der Waals surface area contributed by atoms with E-state index in [1.807, 2.05) is 0 Å². The van der Waals surface area contributed by atoms with Crippen LogP contribution in [0.1, 0.15) is 58.2 Å². The van der Waals surface area contributed by atoms with E-state index in [4.69, 9.17) is 0 Å². The van der Waals surface area contributed by atoms with E-state index in [0.717, 1.165) is 28.4 Å². The van der Waals surface area contributed by atoms with Crippen LogP contribution in [0.3, 0.4) is 0 Å². The molecule has 0 bridgehead atoms. The van der Waals surface area contributed by atoms with Gasteiger partial charge in [-0.1, -0.05) is 102 Å². The third-order valence-electron chi connectivity index (χ3n) is 7.65. The molecule has 0 atom stereocenters. The molecule has 0 N–H and O–H groups in total. The molecule has 5 rings (SSSR count). The lowest BCUT2D eigenvalue weighted by atomic mass is 9.86. The molecule has 0 saturated carbocycles. The lowest BCUT2D eigenvalue weighted by Crippen LogP contribution is -2.16. The molecule has 0 aromatic heterocycles. The second-order valence-electron chi connectivity index (χ2n) is 12.9. The summed E-state index contributed by atoms with van der Waals surface area (Å²) in [4.78, 5) is 4.74. The standard InChI is InChI=1S/C39H42N2/c1-29-26-36(40(32-18-10-8-11-19-32)34-22-14-16-30(27-34)38(2,3)4)24-25-37(29)41(33-20-12-9-13-21-33)35-23-15-17-31(28-35)39(5,6)7/h8-28H,1-7H3. The van der Waals surface area contributed by atoms with Crippen LogP contribution in [-0.2, 0) is 10.8 Å². The Labute approximate surface area is 246 Å². The minimum Gasteiger partial charge on any atom is -0.310 e. The Hall–Kier alpha value is -4.30. The van der Waals surface area contributed by atoms with Crippen molar-refractivity contribution in [3.05, 3.63) is 144 Å². The van der Waals surface area contributed by atoms with E-state index in [2.05, 4.69) is 186 Å². The van der Waals surface area contributed by atoms with Gasteiger partial charge in [0, 0.05) is 34.1 Å². The number of rotatable bonds is 6. The Kier molecular flexibility index (Phi) is 7.78. The summed E-state index contributed by atoms with van der Waals surface area (Å²) in [6.07, 6.45) is 0. The first-order valence-electron chi connectivity index (χ1n) is 14.5. The molecular weight excluding hydrogens is 496 g/mol. The lowest BCUT2D eigenvalue weighted by Gasteiger charge is -2.31. The highest BCUT2D eigenvalue weighted by atomic mass is 15.2. The van der Waals surface area contributed by atoms with Crippen LogP contribution in [-0.4, -0.2) is 0 Å². The predicted molar refractivity (Wildman–Crippen MR) is 178 cm³/mol. The molecule has 2 nitrogen and oxygen atoms in total. The first-order chi connectivity index (χ1) is 19.5. The number of anilines is 6. The molecule has 0 aliphatic carbocycles. The van der Waals surface area contributed by atoms with Crippen molar-refractivity contribution in [2.45, 2.75) is 59.3 Å². The second kappa shape index (κ2) is 11.3. The Balaban J connectivity index is 1.64. The number of hydrogen-bond donors (Lipinski definition) is 0. The third kappa shape index (κ3) is 6.23. The van der Waals surface area contributed by atoms with Crippen molar-refractivity contribution in [2.24, 2.45) is 0 Å². The average Bonchev–Trinajstić information content (AvgIpc) is 2.95. The van der Waals surface area contributed by atoms with E-state index in [-0.39, 0.29) is 10.8 Å². The summed E-state index contributed by atoms with van der Waals surface area (Å²) in [5.74, 6) is 0. The van der Waals surface area contributed by atoms with Gasteiger partial charge < -0.3 is 9.80 Å². The summed E-state index contributed by atoms with van der Waals surface area (Å²) >= 11 is 0. The maximum absolute atomic E-state index is 2.38. The van der Waals surface area contributed by atoms with Gasteiger partial charge in [-0.2, -0.15) is 0 Å². The van der Waals surface area contributed by atoms with Crippen LogP contribution < -0.4 is 9.80 Å². The molecule has 2 heteroatoms. The number of para-hydroxylation sites is 2. The van der Waals surface area contributed by atoms with Crippen molar-refractivity contribution < 1.29 is 0 Å². The van der Waals surface area contributed by atoms with Gasteiger partial charge in [-0.3, -0.25) is 0 Å². The van der Waals surface area contributed by atoms with Crippen LogP contribution in [0.5, 0.6) is 0 Å². The van der Waals surface area contributed by atoms with Gasteiger partial charge in [0.05, 0.1) is 0 Å². The Bertz CT molecular complexity index is 1610. The fourth-order valence-corrected chi connectivity index (χ4v) is 5.28. The van der Waals surface area contributed by atoms with Gasteiger partial charge in [0.1, 0.15) is 0 Å². The lowest BCUT2D eigenvalue weighted by molar-refractivity contribution is 0.590. The Morgan fingerprint density at radius 3 is 1.27 bits per heavy atom. The SMILES string of the molecule is Cc1cc(N(c2ccccc2)c2cccc(C(C)(C)C)c2)ccc1N(c1ccccc1)c1cccc(C(C)(C)C)c1. The van der Waals surface area contributed by atoms with E-state index in [0.29, 0.717) is 0 Å². The van der Waals surface area contributed by atoms with Crippen LogP contribution in [0, 0.1) is 6.92 Å². The maximum Gasteiger partial charge on any atom is 0.0492 e. The predicted octanol–water partition coefficient (Wildman–Crippen LogP) is 11.5. The molecule has 0 unspecified atom stereocenters. The molecule has 5 aromatic carbocycles. The molecule has 0 aliphatic rings. The van der Waals surface area contributed by atoms with Crippen LogP contribution in [0.25, 0.3) is 0 Å². The van der Waals surface area contributed by atoms with Crippen molar-refractivity contribution in [3.8, 4) is 0 Å². The highest BCUT2D eigenvalue weighted by molar-refractivity contribution is 5.83. The summed E-state index contributed by atoms with van der Waals surface area (Å²) in [7, 11) is 0. The van der Waals surface area contributed by atoms with Gasteiger partial charge in [0.15, 0.2) is 0 Å². The van der Waals surface area contributed by atoms with Crippen molar-refractivity contribution in [1.82, 2.24) is 0 Å². The van der Waals surface area contributed by atoms with Crippen LogP contribution in [0.4, 0.5) is 34.1 Å². The summed E-state index contributed by atoms with van der Waals surface area (Å²) in [6.45, 7) is 15.8. The largest absolute Gasteiger partial charge is 0.310 e. The molecule has 0 fully saturated rings. The zero-order valence-electron chi connectivity index (χ0n) is 25.5. The van der Waals surface area contributed by atoms with Gasteiger partial charge in [0.25, 0.3) is 0 Å². The number of nitrogens with zero attached hydrogens (tertiary/aromatic N) is 2. The first kappa shape index (κ1) is 28.2. The number of aryl methyl sites for hydroxylation is 1. The number of hydrogen-bond acceptors (Lipinski definition) is 2. The van der Waals surface area contributed by atoms with Crippen LogP contribution >= 0.6 is 0 Å². The van der Waals surface area contributed by atoms with Gasteiger partial charge in [-0.15, -0.1) is 0 Å². The average molecular weight is 539 g/mol. The van der Waals surface area contributed by atoms with Crippen molar-refractivity contribution in [2.75, 3.05) is 9.80 Å². The van der Waals surface area contributed by atoms with Crippen molar-refractivity contribution in [1.29, 1.82) is 0 Å². The molecule has 41 heavy (non-hydrogen) atoms. The van der Waals surface area contributed by atoms with Gasteiger partial charge in [-0.05, 0) is 101 Å². The maximum atomic E-state index is 2.38. The van der Waals surface area contributed by atoms with Gasteiger partial charge in [-0.25, -0.2) is 0 Å². The van der Waals surface area contributed by atoms with E-state index < -0.39 is 0 Å². The highest BCUT2D eigenvalue weighted by Gasteiger charge is 2.21. The van der Waals surface area contributed by atoms with Crippen molar-refractivity contribution in [3.63, 3.8) is 0 Å². The summed E-state index contributed by atoms with van der Waals surface area (Å²) in [5.41, 5.74) is 10.9. The zero-order valence-corrected chi connectivity index (χ0v) is 25.5. The fraction of sp³-hybridized carbons (Fsp3) is 0.231. The normalized spacial score (nSPS) is 11.8. The van der Waals surface area contributed by atoms with Crippen LogP contribution in [0.15, 0.2) is 127 Å². The summed E-state index contributed by atoms with van der Waals surface area (Å²) in [6, 6.07) is 46.0. The third-order valence-corrected chi connectivity index (χ3v) is 7.65. The first-order valence-corrected chi connectivity index (χ1v) is 14.5. The molecular formula is C39H42N2. The molecule has 0 spiro atoms. The van der Waals surface area contributed by atoms with Crippen LogP contribution in [0.2, 0.25) is 0 Å². The van der Waals surface area contributed by atoms with Gasteiger partial charge in [0.2, 0.25) is 0 Å². The zero-order chi connectivity index (χ0) is 29.2. The van der Waals surface area contributed by atoms with E-state index >= 15 is 0 Å². The second-order valence-corrected chi connectivity index (χ2v) is 12.9.